The first-order valence-electron chi connectivity index (χ1n) is 8.30. The summed E-state index contributed by atoms with van der Waals surface area (Å²) >= 11 is 0. The van der Waals surface area contributed by atoms with Crippen LogP contribution < -0.4 is 10.5 Å². The second kappa shape index (κ2) is 8.87. The van der Waals surface area contributed by atoms with Crippen molar-refractivity contribution in [2.24, 2.45) is 5.73 Å². The number of benzene rings is 2. The van der Waals surface area contributed by atoms with E-state index in [9.17, 15) is 9.59 Å². The van der Waals surface area contributed by atoms with E-state index in [1.165, 1.54) is 0 Å². The fraction of sp³-hybridized carbons (Fsp3) is 0.300. The first kappa shape index (κ1) is 18.5. The van der Waals surface area contributed by atoms with Crippen molar-refractivity contribution in [3.8, 4) is 5.75 Å². The van der Waals surface area contributed by atoms with Gasteiger partial charge in [-0.05, 0) is 31.0 Å². The Labute approximate surface area is 148 Å². The zero-order valence-corrected chi connectivity index (χ0v) is 14.6. The molecular weight excluding hydrogens is 316 g/mol. The van der Waals surface area contributed by atoms with E-state index in [4.69, 9.17) is 10.5 Å². The summed E-state index contributed by atoms with van der Waals surface area (Å²) in [6.45, 7) is 4.33. The van der Waals surface area contributed by atoms with Crippen LogP contribution >= 0.6 is 0 Å². The number of aryl methyl sites for hydroxylation is 1. The summed E-state index contributed by atoms with van der Waals surface area (Å²) < 4.78 is 5.83. The molecule has 0 saturated carbocycles. The van der Waals surface area contributed by atoms with Gasteiger partial charge in [0.15, 0.2) is 6.10 Å². The molecule has 0 saturated heterocycles. The summed E-state index contributed by atoms with van der Waals surface area (Å²) in [6, 6.07) is 17.2. The van der Waals surface area contributed by atoms with Gasteiger partial charge in [-0.3, -0.25) is 9.59 Å². The summed E-state index contributed by atoms with van der Waals surface area (Å²) in [5.74, 6) is 0.0737. The molecule has 1 unspecified atom stereocenters. The van der Waals surface area contributed by atoms with Gasteiger partial charge in [-0.2, -0.15) is 0 Å². The third-order valence-corrected chi connectivity index (χ3v) is 3.90. The predicted octanol–water partition coefficient (Wildman–Crippen LogP) is 2.67. The second-order valence-corrected chi connectivity index (χ2v) is 5.99. The van der Waals surface area contributed by atoms with E-state index in [1.807, 2.05) is 61.5 Å². The molecule has 0 bridgehead atoms. The van der Waals surface area contributed by atoms with E-state index < -0.39 is 12.0 Å². The van der Waals surface area contributed by atoms with Gasteiger partial charge in [0.1, 0.15) is 5.75 Å². The number of hydrogen-bond donors (Lipinski definition) is 1. The second-order valence-electron chi connectivity index (χ2n) is 5.99. The van der Waals surface area contributed by atoms with E-state index in [-0.39, 0.29) is 18.9 Å². The maximum Gasteiger partial charge on any atom is 0.263 e. The lowest BCUT2D eigenvalue weighted by Gasteiger charge is -2.26. The molecule has 0 spiro atoms. The lowest BCUT2D eigenvalue weighted by atomic mass is 10.2. The van der Waals surface area contributed by atoms with Crippen molar-refractivity contribution in [1.82, 2.24) is 4.90 Å². The smallest absolute Gasteiger partial charge is 0.263 e. The Bertz CT molecular complexity index is 716. The van der Waals surface area contributed by atoms with Gasteiger partial charge in [0.2, 0.25) is 5.91 Å². The van der Waals surface area contributed by atoms with Crippen molar-refractivity contribution in [3.05, 3.63) is 65.7 Å². The van der Waals surface area contributed by atoms with E-state index in [0.29, 0.717) is 12.3 Å². The van der Waals surface area contributed by atoms with Crippen LogP contribution in [-0.2, 0) is 16.1 Å². The quantitative estimate of drug-likeness (QED) is 0.803. The Kier molecular flexibility index (Phi) is 6.57. The Hall–Kier alpha value is -2.82. The normalized spacial score (nSPS) is 11.6. The number of carbonyl (C=O) groups is 2. The zero-order chi connectivity index (χ0) is 18.2. The number of nitrogens with two attached hydrogens (primary N) is 1. The van der Waals surface area contributed by atoms with E-state index in [0.717, 1.165) is 11.1 Å². The van der Waals surface area contributed by atoms with Gasteiger partial charge < -0.3 is 15.4 Å². The highest BCUT2D eigenvalue weighted by atomic mass is 16.5. The molecule has 0 fully saturated rings. The molecule has 2 amide bonds. The van der Waals surface area contributed by atoms with E-state index in [2.05, 4.69) is 0 Å². The first-order valence-corrected chi connectivity index (χ1v) is 8.30. The van der Waals surface area contributed by atoms with Crippen LogP contribution in [0, 0.1) is 6.92 Å². The number of amides is 2. The van der Waals surface area contributed by atoms with Crippen LogP contribution in [0.3, 0.4) is 0 Å². The Balaban J connectivity index is 2.10. The van der Waals surface area contributed by atoms with Crippen molar-refractivity contribution >= 4 is 11.8 Å². The number of primary amides is 1. The Morgan fingerprint density at radius 1 is 1.08 bits per heavy atom. The number of rotatable bonds is 8. The van der Waals surface area contributed by atoms with Gasteiger partial charge >= 0.3 is 0 Å². The molecule has 2 aromatic rings. The molecule has 2 aromatic carbocycles. The maximum absolute atomic E-state index is 12.8. The maximum atomic E-state index is 12.8. The fourth-order valence-corrected chi connectivity index (χ4v) is 2.50. The first-order chi connectivity index (χ1) is 12.0. The van der Waals surface area contributed by atoms with Crippen LogP contribution in [-0.4, -0.2) is 29.4 Å². The molecule has 2 N–H and O–H groups in total. The standard InChI is InChI=1S/C20H24N2O3/c1-15-8-6-7-11-18(15)25-16(2)20(24)22(13-12-19(21)23)14-17-9-4-3-5-10-17/h3-11,16H,12-14H2,1-2H3,(H2,21,23). The van der Waals surface area contributed by atoms with Crippen molar-refractivity contribution in [1.29, 1.82) is 0 Å². The topological polar surface area (TPSA) is 72.6 Å². The van der Waals surface area contributed by atoms with Crippen LogP contribution in [0.4, 0.5) is 0 Å². The Morgan fingerprint density at radius 3 is 2.36 bits per heavy atom. The van der Waals surface area contributed by atoms with E-state index >= 15 is 0 Å². The highest BCUT2D eigenvalue weighted by Gasteiger charge is 2.23. The lowest BCUT2D eigenvalue weighted by Crippen LogP contribution is -2.41. The average molecular weight is 340 g/mol. The molecule has 2 rings (SSSR count). The van der Waals surface area contributed by atoms with Crippen molar-refractivity contribution in [2.45, 2.75) is 32.9 Å². The minimum atomic E-state index is -0.655. The molecule has 1 atom stereocenters. The van der Waals surface area contributed by atoms with Gasteiger partial charge in [0.05, 0.1) is 0 Å². The summed E-state index contributed by atoms with van der Waals surface area (Å²) in [5.41, 5.74) is 7.20. The zero-order valence-electron chi connectivity index (χ0n) is 14.6. The predicted molar refractivity (Wildman–Crippen MR) is 96.9 cm³/mol. The number of para-hydroxylation sites is 1. The molecule has 5 heteroatoms. The number of nitrogens with zero attached hydrogens (tertiary/aromatic N) is 1. The number of hydrogen-bond acceptors (Lipinski definition) is 3. The van der Waals surface area contributed by atoms with Gasteiger partial charge in [-0.1, -0.05) is 48.5 Å². The minimum Gasteiger partial charge on any atom is -0.481 e. The van der Waals surface area contributed by atoms with Gasteiger partial charge in [-0.15, -0.1) is 0 Å². The largest absolute Gasteiger partial charge is 0.481 e. The molecular formula is C20H24N2O3. The fourth-order valence-electron chi connectivity index (χ4n) is 2.50. The van der Waals surface area contributed by atoms with Crippen molar-refractivity contribution in [2.75, 3.05) is 6.54 Å². The number of carbonyl (C=O) groups excluding carboxylic acids is 2. The SMILES string of the molecule is Cc1ccccc1OC(C)C(=O)N(CCC(N)=O)Cc1ccccc1. The molecule has 25 heavy (non-hydrogen) atoms. The van der Waals surface area contributed by atoms with Crippen LogP contribution in [0.2, 0.25) is 0 Å². The lowest BCUT2D eigenvalue weighted by molar-refractivity contribution is -0.139. The Morgan fingerprint density at radius 2 is 1.72 bits per heavy atom. The molecule has 132 valence electrons. The third kappa shape index (κ3) is 5.64. The molecule has 0 aromatic heterocycles. The van der Waals surface area contributed by atoms with Crippen molar-refractivity contribution in [3.63, 3.8) is 0 Å². The molecule has 0 aliphatic rings. The van der Waals surface area contributed by atoms with Gasteiger partial charge in [-0.25, -0.2) is 0 Å². The highest BCUT2D eigenvalue weighted by molar-refractivity contribution is 5.82. The average Bonchev–Trinajstić information content (AvgIpc) is 2.60. The van der Waals surface area contributed by atoms with Gasteiger partial charge in [0.25, 0.3) is 5.91 Å². The van der Waals surface area contributed by atoms with Crippen molar-refractivity contribution < 1.29 is 14.3 Å². The highest BCUT2D eigenvalue weighted by Crippen LogP contribution is 2.19. The summed E-state index contributed by atoms with van der Waals surface area (Å²) in [5, 5.41) is 0. The van der Waals surface area contributed by atoms with E-state index in [1.54, 1.807) is 11.8 Å². The minimum absolute atomic E-state index is 0.121. The molecule has 0 heterocycles. The van der Waals surface area contributed by atoms with Gasteiger partial charge in [0, 0.05) is 19.5 Å². The summed E-state index contributed by atoms with van der Waals surface area (Å²) in [4.78, 5) is 25.6. The van der Waals surface area contributed by atoms with Crippen LogP contribution in [0.15, 0.2) is 54.6 Å². The monoisotopic (exact) mass is 340 g/mol. The molecule has 0 aliphatic heterocycles. The number of ether oxygens (including phenoxy) is 1. The van der Waals surface area contributed by atoms with Crippen LogP contribution in [0.1, 0.15) is 24.5 Å². The van der Waals surface area contributed by atoms with Crippen LogP contribution in [0.5, 0.6) is 5.75 Å². The third-order valence-electron chi connectivity index (χ3n) is 3.90. The summed E-state index contributed by atoms with van der Waals surface area (Å²) in [7, 11) is 0. The molecule has 0 aliphatic carbocycles. The summed E-state index contributed by atoms with van der Waals surface area (Å²) in [6.07, 6.45) is -0.534. The van der Waals surface area contributed by atoms with Crippen LogP contribution in [0.25, 0.3) is 0 Å². The molecule has 5 nitrogen and oxygen atoms in total. The molecule has 0 radical (unpaired) electrons.